The number of hydrogen-bond donors (Lipinski definition) is 1. The third-order valence-corrected chi connectivity index (χ3v) is 3.41. The van der Waals surface area contributed by atoms with Crippen LogP contribution in [0, 0.1) is 0 Å². The van der Waals surface area contributed by atoms with Gasteiger partial charge in [0.15, 0.2) is 18.1 Å². The molecule has 6 nitrogen and oxygen atoms in total. The SMILES string of the molecule is CCOc1cc(C=O)ccc1OCC(=O)NCc1ccc(OC)cc1. The first-order valence-corrected chi connectivity index (χ1v) is 7.90. The maximum absolute atomic E-state index is 11.9. The van der Waals surface area contributed by atoms with Crippen LogP contribution in [0.25, 0.3) is 0 Å². The van der Waals surface area contributed by atoms with Crippen LogP contribution >= 0.6 is 0 Å². The van der Waals surface area contributed by atoms with E-state index in [2.05, 4.69) is 5.32 Å². The van der Waals surface area contributed by atoms with Crippen molar-refractivity contribution in [2.45, 2.75) is 13.5 Å². The Morgan fingerprint density at radius 3 is 2.48 bits per heavy atom. The van der Waals surface area contributed by atoms with E-state index in [4.69, 9.17) is 14.2 Å². The van der Waals surface area contributed by atoms with Gasteiger partial charge in [0, 0.05) is 12.1 Å². The van der Waals surface area contributed by atoms with E-state index in [1.807, 2.05) is 31.2 Å². The van der Waals surface area contributed by atoms with Crippen LogP contribution < -0.4 is 19.5 Å². The summed E-state index contributed by atoms with van der Waals surface area (Å²) in [5.41, 5.74) is 1.44. The van der Waals surface area contributed by atoms with E-state index < -0.39 is 0 Å². The largest absolute Gasteiger partial charge is 0.497 e. The van der Waals surface area contributed by atoms with E-state index in [0.717, 1.165) is 17.6 Å². The molecular formula is C19H21NO5. The molecule has 25 heavy (non-hydrogen) atoms. The van der Waals surface area contributed by atoms with Crippen molar-refractivity contribution < 1.29 is 23.8 Å². The molecule has 1 amide bonds. The number of ether oxygens (including phenoxy) is 3. The lowest BCUT2D eigenvalue weighted by atomic mass is 10.2. The molecule has 0 unspecified atom stereocenters. The second kappa shape index (κ2) is 9.32. The zero-order valence-corrected chi connectivity index (χ0v) is 14.3. The highest BCUT2D eigenvalue weighted by Crippen LogP contribution is 2.27. The van der Waals surface area contributed by atoms with Gasteiger partial charge in [0.2, 0.25) is 0 Å². The average Bonchev–Trinajstić information content (AvgIpc) is 2.65. The van der Waals surface area contributed by atoms with Crippen LogP contribution in [0.5, 0.6) is 17.2 Å². The lowest BCUT2D eigenvalue weighted by Crippen LogP contribution is -2.28. The molecule has 2 rings (SSSR count). The summed E-state index contributed by atoms with van der Waals surface area (Å²) >= 11 is 0. The molecule has 2 aromatic rings. The Balaban J connectivity index is 1.87. The molecule has 0 radical (unpaired) electrons. The number of methoxy groups -OCH3 is 1. The van der Waals surface area contributed by atoms with Gasteiger partial charge in [-0.3, -0.25) is 9.59 Å². The smallest absolute Gasteiger partial charge is 0.258 e. The van der Waals surface area contributed by atoms with Gasteiger partial charge in [-0.25, -0.2) is 0 Å². The van der Waals surface area contributed by atoms with Crippen molar-refractivity contribution in [3.8, 4) is 17.2 Å². The highest BCUT2D eigenvalue weighted by molar-refractivity contribution is 5.78. The number of benzene rings is 2. The van der Waals surface area contributed by atoms with Crippen molar-refractivity contribution >= 4 is 12.2 Å². The van der Waals surface area contributed by atoms with E-state index in [0.29, 0.717) is 30.2 Å². The van der Waals surface area contributed by atoms with Crippen LogP contribution in [0.3, 0.4) is 0 Å². The summed E-state index contributed by atoms with van der Waals surface area (Å²) in [5, 5.41) is 2.78. The number of nitrogens with one attached hydrogen (secondary N) is 1. The molecule has 6 heteroatoms. The molecular weight excluding hydrogens is 322 g/mol. The molecule has 0 bridgehead atoms. The normalized spacial score (nSPS) is 10.0. The summed E-state index contributed by atoms with van der Waals surface area (Å²) < 4.78 is 16.0. The topological polar surface area (TPSA) is 73.9 Å². The second-order valence-corrected chi connectivity index (χ2v) is 5.17. The minimum Gasteiger partial charge on any atom is -0.497 e. The van der Waals surface area contributed by atoms with Crippen LogP contribution in [0.1, 0.15) is 22.8 Å². The Hall–Kier alpha value is -3.02. The first-order valence-electron chi connectivity index (χ1n) is 7.90. The maximum Gasteiger partial charge on any atom is 0.258 e. The summed E-state index contributed by atoms with van der Waals surface area (Å²) in [5.74, 6) is 1.38. The summed E-state index contributed by atoms with van der Waals surface area (Å²) in [6.45, 7) is 2.52. The zero-order chi connectivity index (χ0) is 18.1. The fraction of sp³-hybridized carbons (Fsp3) is 0.263. The number of carbonyl (C=O) groups excluding carboxylic acids is 2. The van der Waals surface area contributed by atoms with Gasteiger partial charge in [-0.2, -0.15) is 0 Å². The molecule has 0 heterocycles. The van der Waals surface area contributed by atoms with Gasteiger partial charge in [-0.1, -0.05) is 12.1 Å². The first kappa shape index (κ1) is 18.3. The highest BCUT2D eigenvalue weighted by Gasteiger charge is 2.09. The molecule has 0 aromatic heterocycles. The molecule has 132 valence electrons. The van der Waals surface area contributed by atoms with Crippen LogP contribution in [-0.2, 0) is 11.3 Å². The molecule has 0 atom stereocenters. The average molecular weight is 343 g/mol. The minimum absolute atomic E-state index is 0.142. The van der Waals surface area contributed by atoms with Crippen molar-refractivity contribution in [1.82, 2.24) is 5.32 Å². The number of hydrogen-bond acceptors (Lipinski definition) is 5. The number of rotatable bonds is 9. The van der Waals surface area contributed by atoms with Gasteiger partial charge >= 0.3 is 0 Å². The van der Waals surface area contributed by atoms with Gasteiger partial charge in [-0.05, 0) is 42.8 Å². The molecule has 0 aliphatic rings. The van der Waals surface area contributed by atoms with Crippen LogP contribution in [-0.4, -0.2) is 32.5 Å². The van der Waals surface area contributed by atoms with Crippen LogP contribution in [0.2, 0.25) is 0 Å². The summed E-state index contributed by atoms with van der Waals surface area (Å²) in [6, 6.07) is 12.2. The summed E-state index contributed by atoms with van der Waals surface area (Å²) in [6.07, 6.45) is 0.730. The first-order chi connectivity index (χ1) is 12.2. The standard InChI is InChI=1S/C19H21NO5/c1-3-24-18-10-15(12-21)6-9-17(18)25-13-19(22)20-11-14-4-7-16(23-2)8-5-14/h4-10,12H,3,11,13H2,1-2H3,(H,20,22). The molecule has 0 saturated heterocycles. The zero-order valence-electron chi connectivity index (χ0n) is 14.3. The van der Waals surface area contributed by atoms with Gasteiger partial charge in [0.1, 0.15) is 12.0 Å². The highest BCUT2D eigenvalue weighted by atomic mass is 16.5. The van der Waals surface area contributed by atoms with E-state index in [1.54, 1.807) is 25.3 Å². The summed E-state index contributed by atoms with van der Waals surface area (Å²) in [4.78, 5) is 22.8. The summed E-state index contributed by atoms with van der Waals surface area (Å²) in [7, 11) is 1.60. The van der Waals surface area contributed by atoms with Crippen molar-refractivity contribution in [2.75, 3.05) is 20.3 Å². The third-order valence-electron chi connectivity index (χ3n) is 3.41. The van der Waals surface area contributed by atoms with Crippen LogP contribution in [0.4, 0.5) is 0 Å². The Labute approximate surface area is 146 Å². The predicted octanol–water partition coefficient (Wildman–Crippen LogP) is 2.60. The lowest BCUT2D eigenvalue weighted by molar-refractivity contribution is -0.123. The second-order valence-electron chi connectivity index (χ2n) is 5.17. The molecule has 0 saturated carbocycles. The number of aldehydes is 1. The quantitative estimate of drug-likeness (QED) is 0.709. The predicted molar refractivity (Wildman–Crippen MR) is 93.3 cm³/mol. The Kier molecular flexibility index (Phi) is 6.83. The van der Waals surface area contributed by atoms with E-state index >= 15 is 0 Å². The van der Waals surface area contributed by atoms with Gasteiger partial charge in [-0.15, -0.1) is 0 Å². The van der Waals surface area contributed by atoms with Gasteiger partial charge in [0.25, 0.3) is 5.91 Å². The fourth-order valence-corrected chi connectivity index (χ4v) is 2.12. The molecule has 2 aromatic carbocycles. The van der Waals surface area contributed by atoms with Crippen molar-refractivity contribution in [1.29, 1.82) is 0 Å². The molecule has 0 aliphatic carbocycles. The Bertz CT molecular complexity index is 712. The van der Waals surface area contributed by atoms with Gasteiger partial charge in [0.05, 0.1) is 13.7 Å². The third kappa shape index (κ3) is 5.53. The van der Waals surface area contributed by atoms with E-state index in [-0.39, 0.29) is 12.5 Å². The van der Waals surface area contributed by atoms with Crippen molar-refractivity contribution in [3.05, 3.63) is 53.6 Å². The molecule has 1 N–H and O–H groups in total. The van der Waals surface area contributed by atoms with E-state index in [9.17, 15) is 9.59 Å². The molecule has 0 aliphatic heterocycles. The Morgan fingerprint density at radius 2 is 1.84 bits per heavy atom. The number of carbonyl (C=O) groups is 2. The number of amides is 1. The Morgan fingerprint density at radius 1 is 1.08 bits per heavy atom. The van der Waals surface area contributed by atoms with Crippen LogP contribution in [0.15, 0.2) is 42.5 Å². The van der Waals surface area contributed by atoms with Crippen molar-refractivity contribution in [3.63, 3.8) is 0 Å². The lowest BCUT2D eigenvalue weighted by Gasteiger charge is -2.12. The maximum atomic E-state index is 11.9. The van der Waals surface area contributed by atoms with E-state index in [1.165, 1.54) is 0 Å². The van der Waals surface area contributed by atoms with Crippen molar-refractivity contribution in [2.24, 2.45) is 0 Å². The monoisotopic (exact) mass is 343 g/mol. The molecule has 0 fully saturated rings. The van der Waals surface area contributed by atoms with Gasteiger partial charge < -0.3 is 19.5 Å². The minimum atomic E-state index is -0.252. The molecule has 0 spiro atoms. The fourth-order valence-electron chi connectivity index (χ4n) is 2.12.